The quantitative estimate of drug-likeness (QED) is 0.231. The molecule has 0 radical (unpaired) electrons. The molecule has 202 valence electrons. The topological polar surface area (TPSA) is 121 Å². The molecular formula is C28H26ClN3O5S2. The molecule has 0 aromatic heterocycles. The van der Waals surface area contributed by atoms with Crippen LogP contribution in [0.15, 0.2) is 94.7 Å². The monoisotopic (exact) mass is 583 g/mol. The summed E-state index contributed by atoms with van der Waals surface area (Å²) in [5.41, 5.74) is 3.68. The van der Waals surface area contributed by atoms with Gasteiger partial charge < -0.3 is 5.32 Å². The van der Waals surface area contributed by atoms with E-state index in [9.17, 15) is 21.6 Å². The number of amides is 1. The van der Waals surface area contributed by atoms with Gasteiger partial charge in [0.2, 0.25) is 0 Å². The highest BCUT2D eigenvalue weighted by Crippen LogP contribution is 2.27. The molecule has 11 heteroatoms. The molecule has 8 nitrogen and oxygen atoms in total. The van der Waals surface area contributed by atoms with E-state index in [0.29, 0.717) is 17.1 Å². The average Bonchev–Trinajstić information content (AvgIpc) is 2.88. The van der Waals surface area contributed by atoms with E-state index in [-0.39, 0.29) is 20.4 Å². The Kier molecular flexibility index (Phi) is 8.01. The summed E-state index contributed by atoms with van der Waals surface area (Å²) in [5.74, 6) is -0.594. The van der Waals surface area contributed by atoms with Crippen LogP contribution in [-0.4, -0.2) is 22.7 Å². The zero-order valence-electron chi connectivity index (χ0n) is 21.3. The van der Waals surface area contributed by atoms with Gasteiger partial charge in [0.25, 0.3) is 26.0 Å². The van der Waals surface area contributed by atoms with Crippen LogP contribution < -0.4 is 14.8 Å². The van der Waals surface area contributed by atoms with Gasteiger partial charge in [0.05, 0.1) is 21.3 Å². The van der Waals surface area contributed by atoms with E-state index in [1.165, 1.54) is 42.5 Å². The van der Waals surface area contributed by atoms with E-state index in [4.69, 9.17) is 11.6 Å². The Bertz CT molecular complexity index is 1770. The zero-order chi connectivity index (χ0) is 28.4. The summed E-state index contributed by atoms with van der Waals surface area (Å²) in [4.78, 5) is 12.7. The maximum Gasteiger partial charge on any atom is 0.263 e. The standard InChI is InChI=1S/C28H26ClN3O5S2/c1-18-8-9-20(3)26(16-18)32-38(34,35)23-13-11-22(12-14-23)30-28(33)21-10-15-24(29)27(17-21)39(36,37)31-25-7-5-4-6-19(25)2/h4-17,31-32H,1-3H3,(H,30,33). The lowest BCUT2D eigenvalue weighted by Gasteiger charge is -2.13. The first-order valence-corrected chi connectivity index (χ1v) is 15.1. The van der Waals surface area contributed by atoms with Gasteiger partial charge in [0, 0.05) is 11.3 Å². The number of carbonyl (C=O) groups excluding carboxylic acids is 1. The molecule has 3 N–H and O–H groups in total. The predicted octanol–water partition coefficient (Wildman–Crippen LogP) is 6.12. The van der Waals surface area contributed by atoms with Gasteiger partial charge in [-0.2, -0.15) is 0 Å². The maximum atomic E-state index is 13.0. The molecule has 4 rings (SSSR count). The number of aryl methyl sites for hydroxylation is 3. The number of anilines is 3. The van der Waals surface area contributed by atoms with E-state index >= 15 is 0 Å². The van der Waals surface area contributed by atoms with Crippen LogP contribution in [0.3, 0.4) is 0 Å². The van der Waals surface area contributed by atoms with Crippen molar-refractivity contribution in [3.8, 4) is 0 Å². The van der Waals surface area contributed by atoms with E-state index in [0.717, 1.165) is 16.7 Å². The van der Waals surface area contributed by atoms with Crippen LogP contribution in [0.4, 0.5) is 17.1 Å². The molecule has 0 aliphatic rings. The van der Waals surface area contributed by atoms with Crippen LogP contribution in [0.5, 0.6) is 0 Å². The van der Waals surface area contributed by atoms with Crippen molar-refractivity contribution < 1.29 is 21.6 Å². The van der Waals surface area contributed by atoms with Crippen molar-refractivity contribution in [3.63, 3.8) is 0 Å². The number of rotatable bonds is 8. The maximum absolute atomic E-state index is 13.0. The normalized spacial score (nSPS) is 11.6. The highest BCUT2D eigenvalue weighted by atomic mass is 35.5. The van der Waals surface area contributed by atoms with Crippen LogP contribution in [-0.2, 0) is 20.0 Å². The molecule has 0 bridgehead atoms. The van der Waals surface area contributed by atoms with Crippen LogP contribution >= 0.6 is 11.6 Å². The van der Waals surface area contributed by atoms with Gasteiger partial charge in [0.15, 0.2) is 0 Å². The first kappa shape index (κ1) is 28.2. The van der Waals surface area contributed by atoms with Crippen LogP contribution in [0.1, 0.15) is 27.0 Å². The molecule has 0 atom stereocenters. The largest absolute Gasteiger partial charge is 0.322 e. The minimum atomic E-state index is -4.08. The van der Waals surface area contributed by atoms with Gasteiger partial charge in [-0.25, -0.2) is 16.8 Å². The minimum Gasteiger partial charge on any atom is -0.322 e. The van der Waals surface area contributed by atoms with E-state index in [2.05, 4.69) is 14.8 Å². The third-order valence-electron chi connectivity index (χ3n) is 5.93. The molecule has 0 saturated carbocycles. The Morgan fingerprint density at radius 3 is 2.03 bits per heavy atom. The van der Waals surface area contributed by atoms with Gasteiger partial charge in [-0.05, 0) is 92.1 Å². The SMILES string of the molecule is Cc1ccc(C)c(NS(=O)(=O)c2ccc(NC(=O)c3ccc(Cl)c(S(=O)(=O)Nc4ccccc4C)c3)cc2)c1. The van der Waals surface area contributed by atoms with E-state index in [1.807, 2.05) is 26.0 Å². The second-order valence-corrected chi connectivity index (χ2v) is 12.7. The van der Waals surface area contributed by atoms with Gasteiger partial charge >= 0.3 is 0 Å². The third-order valence-corrected chi connectivity index (χ3v) is 9.16. The van der Waals surface area contributed by atoms with Crippen molar-refractivity contribution in [2.45, 2.75) is 30.6 Å². The van der Waals surface area contributed by atoms with Gasteiger partial charge in [-0.3, -0.25) is 14.2 Å². The number of sulfonamides is 2. The molecule has 1 amide bonds. The fourth-order valence-electron chi connectivity index (χ4n) is 3.71. The third kappa shape index (κ3) is 6.59. The summed E-state index contributed by atoms with van der Waals surface area (Å²) in [6.45, 7) is 5.44. The van der Waals surface area contributed by atoms with E-state index in [1.54, 1.807) is 37.3 Å². The van der Waals surface area contributed by atoms with Crippen molar-refractivity contribution in [3.05, 3.63) is 112 Å². The van der Waals surface area contributed by atoms with Gasteiger partial charge in [-0.15, -0.1) is 0 Å². The predicted molar refractivity (Wildman–Crippen MR) is 155 cm³/mol. The average molecular weight is 584 g/mol. The summed E-state index contributed by atoms with van der Waals surface area (Å²) in [6, 6.07) is 21.9. The van der Waals surface area contributed by atoms with E-state index < -0.39 is 26.0 Å². The summed E-state index contributed by atoms with van der Waals surface area (Å²) in [5, 5.41) is 2.60. The molecule has 0 unspecified atom stereocenters. The molecule has 4 aromatic rings. The highest BCUT2D eigenvalue weighted by Gasteiger charge is 2.21. The lowest BCUT2D eigenvalue weighted by Crippen LogP contribution is -2.17. The lowest BCUT2D eigenvalue weighted by atomic mass is 10.1. The lowest BCUT2D eigenvalue weighted by molar-refractivity contribution is 0.102. The number of nitrogens with one attached hydrogen (secondary N) is 3. The Hall–Kier alpha value is -3.86. The summed E-state index contributed by atoms with van der Waals surface area (Å²) < 4.78 is 56.8. The highest BCUT2D eigenvalue weighted by molar-refractivity contribution is 7.93. The van der Waals surface area contributed by atoms with Crippen molar-refractivity contribution in [2.24, 2.45) is 0 Å². The van der Waals surface area contributed by atoms with Crippen molar-refractivity contribution >= 4 is 54.6 Å². The summed E-state index contributed by atoms with van der Waals surface area (Å²) in [7, 11) is -7.94. The Labute approximate surface area is 233 Å². The van der Waals surface area contributed by atoms with Crippen molar-refractivity contribution in [2.75, 3.05) is 14.8 Å². The summed E-state index contributed by atoms with van der Waals surface area (Å²) >= 11 is 6.17. The Morgan fingerprint density at radius 1 is 0.692 bits per heavy atom. The number of halogens is 1. The molecule has 0 aliphatic heterocycles. The van der Waals surface area contributed by atoms with Gasteiger partial charge in [-0.1, -0.05) is 41.9 Å². The molecule has 0 spiro atoms. The van der Waals surface area contributed by atoms with Gasteiger partial charge in [0.1, 0.15) is 4.90 Å². The smallest absolute Gasteiger partial charge is 0.263 e. The van der Waals surface area contributed by atoms with Crippen molar-refractivity contribution in [1.29, 1.82) is 0 Å². The Balaban J connectivity index is 1.51. The molecule has 4 aromatic carbocycles. The molecule has 0 saturated heterocycles. The molecule has 0 aliphatic carbocycles. The second-order valence-electron chi connectivity index (χ2n) is 8.97. The molecule has 39 heavy (non-hydrogen) atoms. The number of hydrogen-bond acceptors (Lipinski definition) is 5. The first-order valence-electron chi connectivity index (χ1n) is 11.8. The summed E-state index contributed by atoms with van der Waals surface area (Å²) in [6.07, 6.45) is 0. The van der Waals surface area contributed by atoms with Crippen LogP contribution in [0.2, 0.25) is 5.02 Å². The number of benzene rings is 4. The van der Waals surface area contributed by atoms with Crippen LogP contribution in [0.25, 0.3) is 0 Å². The second kappa shape index (κ2) is 11.1. The number of carbonyl (C=O) groups is 1. The molecule has 0 heterocycles. The fraction of sp³-hybridized carbons (Fsp3) is 0.107. The minimum absolute atomic E-state index is 0.0172. The van der Waals surface area contributed by atoms with Crippen LogP contribution in [0, 0.1) is 20.8 Å². The first-order chi connectivity index (χ1) is 18.4. The molecular weight excluding hydrogens is 558 g/mol. The number of hydrogen-bond donors (Lipinski definition) is 3. The fourth-order valence-corrected chi connectivity index (χ4v) is 6.49. The zero-order valence-corrected chi connectivity index (χ0v) is 23.7. The Morgan fingerprint density at radius 2 is 1.33 bits per heavy atom. The van der Waals surface area contributed by atoms with Crippen molar-refractivity contribution in [1.82, 2.24) is 0 Å². The number of para-hydroxylation sites is 1. The molecule has 0 fully saturated rings.